The third kappa shape index (κ3) is 6.01. The zero-order valence-electron chi connectivity index (χ0n) is 34.0. The Balaban J connectivity index is 1.20. The van der Waals surface area contributed by atoms with Crippen LogP contribution in [0.15, 0.2) is 11.6 Å². The van der Waals surface area contributed by atoms with Gasteiger partial charge in [0.1, 0.15) is 42.7 Å². The van der Waals surface area contributed by atoms with Crippen LogP contribution in [-0.4, -0.2) is 127 Å². The lowest BCUT2D eigenvalue weighted by molar-refractivity contribution is -0.324. The second kappa shape index (κ2) is 14.2. The van der Waals surface area contributed by atoms with E-state index in [1.54, 1.807) is 6.92 Å². The number of carboxylic acid groups (broad SMARTS) is 1. The predicted octanol–water partition coefficient (Wildman–Crippen LogP) is 2.41. The van der Waals surface area contributed by atoms with Crippen LogP contribution in [0.5, 0.6) is 0 Å². The summed E-state index contributed by atoms with van der Waals surface area (Å²) in [4.78, 5) is 28.7. The van der Waals surface area contributed by atoms with Crippen molar-refractivity contribution in [2.45, 2.75) is 180 Å². The molecule has 5 aliphatic carbocycles. The molecule has 0 radical (unpaired) electrons. The fourth-order valence-corrected chi connectivity index (χ4v) is 13.6. The van der Waals surface area contributed by atoms with Crippen molar-refractivity contribution < 1.29 is 69.4 Å². The number of ether oxygens (including phenoxy) is 4. The molecule has 7 aliphatic rings. The molecule has 2 saturated heterocycles. The minimum Gasteiger partial charge on any atom is -0.481 e. The molecule has 56 heavy (non-hydrogen) atoms. The molecule has 0 unspecified atom stereocenters. The summed E-state index contributed by atoms with van der Waals surface area (Å²) in [7, 11) is 0. The van der Waals surface area contributed by atoms with Crippen molar-refractivity contribution in [2.75, 3.05) is 6.61 Å². The minimum absolute atomic E-state index is 0.00694. The molecule has 0 aromatic carbocycles. The standard InChI is InChI=1S/C42H66O14/c1-20-27(44)29(46)31(48)33(53-20)55-26-11-12-39(6)24(38(26,4)5)10-13-40(7)25(39)9-8-21-22-18-37(2,3)14-15-41(22,16-17-42(21,40)35(50)51)36(52)56-34-32(49)30(47)28(45)23(19-43)54-34/h8,20,22-34,43-49H,9-19H2,1-7H3,(H,50,51)/t20-,22+,23+,24+,25-,26+,27+,28+,29+,30-,31-,32+,33+,34-,39+,40+,41-,42+/m1/s1. The van der Waals surface area contributed by atoms with Crippen molar-refractivity contribution >= 4 is 11.9 Å². The van der Waals surface area contributed by atoms with Crippen LogP contribution in [0.1, 0.15) is 113 Å². The van der Waals surface area contributed by atoms with Gasteiger partial charge >= 0.3 is 11.9 Å². The van der Waals surface area contributed by atoms with Gasteiger partial charge in [-0.05, 0) is 111 Å². The first kappa shape index (κ1) is 42.4. The Morgan fingerprint density at radius 1 is 0.768 bits per heavy atom. The van der Waals surface area contributed by atoms with Crippen LogP contribution in [0.3, 0.4) is 0 Å². The van der Waals surface area contributed by atoms with E-state index in [1.807, 2.05) is 0 Å². The van der Waals surface area contributed by atoms with Gasteiger partial charge in [0.15, 0.2) is 6.29 Å². The predicted molar refractivity (Wildman–Crippen MR) is 198 cm³/mol. The van der Waals surface area contributed by atoms with Gasteiger partial charge in [0.05, 0.1) is 29.6 Å². The summed E-state index contributed by atoms with van der Waals surface area (Å²) < 4.78 is 23.8. The molecule has 7 rings (SSSR count). The van der Waals surface area contributed by atoms with Crippen LogP contribution in [0.25, 0.3) is 0 Å². The maximum absolute atomic E-state index is 14.6. The highest BCUT2D eigenvalue weighted by Gasteiger charge is 2.73. The molecule has 0 aromatic heterocycles. The maximum Gasteiger partial charge on any atom is 0.315 e. The Bertz CT molecular complexity index is 1560. The lowest BCUT2D eigenvalue weighted by atomic mass is 9.33. The van der Waals surface area contributed by atoms with E-state index in [1.165, 1.54) is 0 Å². The first-order valence-corrected chi connectivity index (χ1v) is 20.8. The van der Waals surface area contributed by atoms with Gasteiger partial charge in [-0.1, -0.05) is 53.2 Å². The fraction of sp³-hybridized carbons (Fsp3) is 0.905. The SMILES string of the molecule is C[C@H]1O[C@@H](O[C@H]2CC[C@]3(C)[C@H]4CC=C5[C@@H]6CC(C)(C)CC[C@@]6(C(=O)O[C@H]6O[C@@H](CO)[C@H](O)[C@@H](O)[C@@H]6O)CC[C@]5(C(=O)O)[C@@]4(C)CC[C@H]3C2(C)C)[C@H](O)[C@@H](O)[C@H]1O. The van der Waals surface area contributed by atoms with Crippen molar-refractivity contribution in [3.05, 3.63) is 11.6 Å². The topological polar surface area (TPSA) is 233 Å². The summed E-state index contributed by atoms with van der Waals surface area (Å²) in [5.41, 5.74) is -3.13. The van der Waals surface area contributed by atoms with Gasteiger partial charge in [0.2, 0.25) is 6.29 Å². The number of rotatable bonds is 6. The van der Waals surface area contributed by atoms with E-state index >= 15 is 0 Å². The number of carbonyl (C=O) groups excluding carboxylic acids is 1. The number of aliphatic carboxylic acids is 1. The van der Waals surface area contributed by atoms with E-state index in [9.17, 15) is 50.4 Å². The molecule has 18 atom stereocenters. The van der Waals surface area contributed by atoms with Crippen molar-refractivity contribution in [2.24, 2.45) is 50.2 Å². The van der Waals surface area contributed by atoms with Crippen LogP contribution in [-0.2, 0) is 28.5 Å². The number of esters is 1. The number of allylic oxidation sites excluding steroid dienone is 1. The van der Waals surface area contributed by atoms with Crippen molar-refractivity contribution in [1.29, 1.82) is 0 Å². The summed E-state index contributed by atoms with van der Waals surface area (Å²) in [6.07, 6.45) is -6.40. The van der Waals surface area contributed by atoms with Crippen molar-refractivity contribution in [3.8, 4) is 0 Å². The molecular weight excluding hydrogens is 728 g/mol. The molecule has 318 valence electrons. The average molecular weight is 795 g/mol. The molecule has 0 aromatic rings. The number of carboxylic acids is 1. The second-order valence-electron chi connectivity index (χ2n) is 20.5. The Hall–Kier alpha value is -1.72. The molecule has 4 saturated carbocycles. The number of hydrogen-bond acceptors (Lipinski definition) is 13. The molecule has 8 N–H and O–H groups in total. The van der Waals surface area contributed by atoms with Crippen LogP contribution in [0.4, 0.5) is 0 Å². The van der Waals surface area contributed by atoms with Crippen LogP contribution in [0, 0.1) is 50.2 Å². The number of carbonyl (C=O) groups is 2. The summed E-state index contributed by atoms with van der Waals surface area (Å²) in [6, 6.07) is 0. The summed E-state index contributed by atoms with van der Waals surface area (Å²) in [5.74, 6) is -1.85. The smallest absolute Gasteiger partial charge is 0.315 e. The molecule has 2 heterocycles. The molecule has 0 amide bonds. The third-order valence-corrected chi connectivity index (χ3v) is 17.0. The van der Waals surface area contributed by atoms with E-state index in [0.717, 1.165) is 18.4 Å². The van der Waals surface area contributed by atoms with Crippen molar-refractivity contribution in [3.63, 3.8) is 0 Å². The van der Waals surface area contributed by atoms with Crippen LogP contribution in [0.2, 0.25) is 0 Å². The van der Waals surface area contributed by atoms with Gasteiger partial charge < -0.3 is 59.8 Å². The molecule has 2 aliphatic heterocycles. The lowest BCUT2D eigenvalue weighted by Gasteiger charge is -2.70. The van der Waals surface area contributed by atoms with Gasteiger partial charge in [0, 0.05) is 0 Å². The van der Waals surface area contributed by atoms with Crippen LogP contribution < -0.4 is 0 Å². The summed E-state index contributed by atoms with van der Waals surface area (Å²) >= 11 is 0. The Morgan fingerprint density at radius 3 is 2.07 bits per heavy atom. The highest BCUT2D eigenvalue weighted by atomic mass is 16.7. The van der Waals surface area contributed by atoms with E-state index < -0.39 is 108 Å². The average Bonchev–Trinajstić information content (AvgIpc) is 3.13. The number of fused-ring (bicyclic) bond motifs is 7. The first-order valence-electron chi connectivity index (χ1n) is 20.8. The highest BCUT2D eigenvalue weighted by molar-refractivity contribution is 5.85. The van der Waals surface area contributed by atoms with E-state index in [4.69, 9.17) is 18.9 Å². The Morgan fingerprint density at radius 2 is 1.41 bits per heavy atom. The molecule has 14 nitrogen and oxygen atoms in total. The number of aliphatic hydroxyl groups excluding tert-OH is 7. The van der Waals surface area contributed by atoms with Gasteiger partial charge in [0.25, 0.3) is 0 Å². The summed E-state index contributed by atoms with van der Waals surface area (Å²) in [5, 5.41) is 84.4. The zero-order chi connectivity index (χ0) is 41.1. The molecule has 6 fully saturated rings. The van der Waals surface area contributed by atoms with E-state index in [2.05, 4.69) is 47.6 Å². The van der Waals surface area contributed by atoms with Crippen molar-refractivity contribution in [1.82, 2.24) is 0 Å². The minimum atomic E-state index is -1.74. The molecule has 0 bridgehead atoms. The van der Waals surface area contributed by atoms with Gasteiger partial charge in [-0.3, -0.25) is 9.59 Å². The normalized spacial score (nSPS) is 52.3. The number of aliphatic hydroxyl groups is 7. The zero-order valence-corrected chi connectivity index (χ0v) is 34.0. The highest BCUT2D eigenvalue weighted by Crippen LogP contribution is 2.76. The molecule has 0 spiro atoms. The summed E-state index contributed by atoms with van der Waals surface area (Å²) in [6.45, 7) is 14.1. The maximum atomic E-state index is 14.6. The molecule has 14 heteroatoms. The monoisotopic (exact) mass is 794 g/mol. The first-order chi connectivity index (χ1) is 26.0. The number of hydrogen-bond donors (Lipinski definition) is 8. The molecular formula is C42H66O14. The largest absolute Gasteiger partial charge is 0.481 e. The van der Waals surface area contributed by atoms with Gasteiger partial charge in [-0.15, -0.1) is 0 Å². The lowest BCUT2D eigenvalue weighted by Crippen LogP contribution is -2.68. The third-order valence-electron chi connectivity index (χ3n) is 17.0. The quantitative estimate of drug-likeness (QED) is 0.110. The fourth-order valence-electron chi connectivity index (χ4n) is 13.6. The van der Waals surface area contributed by atoms with E-state index in [-0.39, 0.29) is 41.6 Å². The van der Waals surface area contributed by atoms with E-state index in [0.29, 0.717) is 38.5 Å². The van der Waals surface area contributed by atoms with Crippen LogP contribution >= 0.6 is 0 Å². The van der Waals surface area contributed by atoms with Gasteiger partial charge in [-0.25, -0.2) is 0 Å². The van der Waals surface area contributed by atoms with Gasteiger partial charge in [-0.2, -0.15) is 0 Å². The Kier molecular flexibility index (Phi) is 10.8. The Labute approximate surface area is 329 Å². The second-order valence-corrected chi connectivity index (χ2v) is 20.5.